The van der Waals surface area contributed by atoms with E-state index in [4.69, 9.17) is 20.8 Å². The van der Waals surface area contributed by atoms with Crippen LogP contribution in [0.5, 0.6) is 5.75 Å². The molecule has 0 saturated heterocycles. The fourth-order valence-corrected chi connectivity index (χ4v) is 2.83. The fourth-order valence-electron chi connectivity index (χ4n) is 2.67. The standard InChI is InChI=1S/C21H15ClN4O3/c1-14-9-10-17(22)19(12-14)29-21(27)18(13-16-8-5-11-28-16)26-20(23-24-25-26)15-6-3-2-4-7-15/h2-13H,1H3/b18-13-. The molecule has 0 radical (unpaired) electrons. The van der Waals surface area contributed by atoms with E-state index in [9.17, 15) is 4.79 Å². The van der Waals surface area contributed by atoms with E-state index in [0.717, 1.165) is 11.1 Å². The molecule has 0 N–H and O–H groups in total. The third-order valence-corrected chi connectivity index (χ3v) is 4.36. The van der Waals surface area contributed by atoms with Gasteiger partial charge in [0.15, 0.2) is 11.5 Å². The molecule has 7 nitrogen and oxygen atoms in total. The number of halogens is 1. The lowest BCUT2D eigenvalue weighted by Gasteiger charge is -2.11. The summed E-state index contributed by atoms with van der Waals surface area (Å²) < 4.78 is 12.2. The van der Waals surface area contributed by atoms with E-state index in [0.29, 0.717) is 16.6 Å². The Labute approximate surface area is 171 Å². The second-order valence-corrected chi connectivity index (χ2v) is 6.56. The Balaban J connectivity index is 1.77. The first-order valence-electron chi connectivity index (χ1n) is 8.69. The topological polar surface area (TPSA) is 83.0 Å². The van der Waals surface area contributed by atoms with Crippen molar-refractivity contribution in [3.8, 4) is 17.1 Å². The summed E-state index contributed by atoms with van der Waals surface area (Å²) in [5, 5.41) is 12.1. The molecule has 0 aliphatic rings. The highest BCUT2D eigenvalue weighted by atomic mass is 35.5. The van der Waals surface area contributed by atoms with Gasteiger partial charge in [0.25, 0.3) is 0 Å². The lowest BCUT2D eigenvalue weighted by Crippen LogP contribution is -2.17. The van der Waals surface area contributed by atoms with Crippen LogP contribution < -0.4 is 4.74 Å². The number of furan rings is 1. The second kappa shape index (κ2) is 8.12. The molecule has 0 aliphatic heterocycles. The molecule has 29 heavy (non-hydrogen) atoms. The maximum Gasteiger partial charge on any atom is 0.362 e. The summed E-state index contributed by atoms with van der Waals surface area (Å²) in [6, 6.07) is 17.9. The largest absolute Gasteiger partial charge is 0.465 e. The number of nitrogens with zero attached hydrogens (tertiary/aromatic N) is 4. The minimum atomic E-state index is -0.682. The van der Waals surface area contributed by atoms with E-state index >= 15 is 0 Å². The van der Waals surface area contributed by atoms with Gasteiger partial charge in [-0.05, 0) is 47.2 Å². The maximum absolute atomic E-state index is 13.1. The summed E-state index contributed by atoms with van der Waals surface area (Å²) in [6.45, 7) is 1.88. The van der Waals surface area contributed by atoms with Crippen LogP contribution in [0.4, 0.5) is 0 Å². The van der Waals surface area contributed by atoms with Crippen LogP contribution in [-0.4, -0.2) is 26.2 Å². The maximum atomic E-state index is 13.1. The van der Waals surface area contributed by atoms with E-state index in [1.807, 2.05) is 43.3 Å². The number of carbonyl (C=O) groups excluding carboxylic acids is 1. The van der Waals surface area contributed by atoms with Gasteiger partial charge in [-0.2, -0.15) is 4.68 Å². The zero-order chi connectivity index (χ0) is 20.2. The number of rotatable bonds is 5. The van der Waals surface area contributed by atoms with Gasteiger partial charge in [-0.3, -0.25) is 0 Å². The quantitative estimate of drug-likeness (QED) is 0.276. The molecule has 144 valence electrons. The number of esters is 1. The van der Waals surface area contributed by atoms with E-state index in [1.54, 1.807) is 24.3 Å². The molecular formula is C21H15ClN4O3. The first-order valence-corrected chi connectivity index (χ1v) is 9.07. The van der Waals surface area contributed by atoms with Crippen LogP contribution in [0.25, 0.3) is 23.2 Å². The van der Waals surface area contributed by atoms with Crippen molar-refractivity contribution in [1.82, 2.24) is 20.2 Å². The molecule has 0 spiro atoms. The fraction of sp³-hybridized carbons (Fsp3) is 0.0476. The monoisotopic (exact) mass is 406 g/mol. The highest BCUT2D eigenvalue weighted by Gasteiger charge is 2.22. The van der Waals surface area contributed by atoms with E-state index in [-0.39, 0.29) is 11.4 Å². The molecule has 0 unspecified atom stereocenters. The van der Waals surface area contributed by atoms with E-state index < -0.39 is 5.97 Å². The summed E-state index contributed by atoms with van der Waals surface area (Å²) in [7, 11) is 0. The number of carbonyl (C=O) groups is 1. The minimum Gasteiger partial charge on any atom is -0.465 e. The van der Waals surface area contributed by atoms with Gasteiger partial charge in [-0.15, -0.1) is 5.10 Å². The van der Waals surface area contributed by atoms with E-state index in [2.05, 4.69) is 15.5 Å². The lowest BCUT2D eigenvalue weighted by molar-refractivity contribution is -0.128. The van der Waals surface area contributed by atoms with Crippen molar-refractivity contribution in [2.75, 3.05) is 0 Å². The van der Waals surface area contributed by atoms with Crippen LogP contribution in [0.1, 0.15) is 11.3 Å². The second-order valence-electron chi connectivity index (χ2n) is 6.15. The average Bonchev–Trinajstić information content (AvgIpc) is 3.41. The van der Waals surface area contributed by atoms with Gasteiger partial charge in [0.05, 0.1) is 11.3 Å². The van der Waals surface area contributed by atoms with Crippen molar-refractivity contribution >= 4 is 29.3 Å². The van der Waals surface area contributed by atoms with Crippen molar-refractivity contribution in [1.29, 1.82) is 0 Å². The number of hydrogen-bond donors (Lipinski definition) is 0. The first kappa shape index (κ1) is 18.6. The van der Waals surface area contributed by atoms with Crippen LogP contribution in [-0.2, 0) is 4.79 Å². The summed E-state index contributed by atoms with van der Waals surface area (Å²) in [5.41, 5.74) is 1.71. The minimum absolute atomic E-state index is 0.0707. The number of ether oxygens (including phenoxy) is 1. The molecule has 0 amide bonds. The molecule has 0 bridgehead atoms. The zero-order valence-corrected chi connectivity index (χ0v) is 16.1. The van der Waals surface area contributed by atoms with Gasteiger partial charge < -0.3 is 9.15 Å². The van der Waals surface area contributed by atoms with Crippen molar-refractivity contribution in [3.05, 3.63) is 83.3 Å². The Hall–Kier alpha value is -3.71. The van der Waals surface area contributed by atoms with Gasteiger partial charge in [-0.1, -0.05) is 48.0 Å². The van der Waals surface area contributed by atoms with Crippen molar-refractivity contribution in [2.45, 2.75) is 6.92 Å². The summed E-state index contributed by atoms with van der Waals surface area (Å²) >= 11 is 6.18. The number of aryl methyl sites for hydroxylation is 1. The molecule has 0 fully saturated rings. The smallest absolute Gasteiger partial charge is 0.362 e. The van der Waals surface area contributed by atoms with Crippen LogP contribution in [0.3, 0.4) is 0 Å². The molecule has 8 heteroatoms. The molecule has 2 heterocycles. The molecule has 4 aromatic rings. The lowest BCUT2D eigenvalue weighted by atomic mass is 10.2. The Morgan fingerprint density at radius 3 is 2.72 bits per heavy atom. The normalized spacial score (nSPS) is 11.4. The Morgan fingerprint density at radius 2 is 1.97 bits per heavy atom. The highest BCUT2D eigenvalue weighted by Crippen LogP contribution is 2.28. The predicted molar refractivity (Wildman–Crippen MR) is 108 cm³/mol. The van der Waals surface area contributed by atoms with Crippen molar-refractivity contribution < 1.29 is 13.9 Å². The molecule has 0 aliphatic carbocycles. The molecule has 4 rings (SSSR count). The first-order chi connectivity index (χ1) is 14.1. The van der Waals surface area contributed by atoms with Gasteiger partial charge in [0, 0.05) is 11.6 Å². The average molecular weight is 407 g/mol. The van der Waals surface area contributed by atoms with Gasteiger partial charge in [0.1, 0.15) is 11.5 Å². The molecule has 0 saturated carbocycles. The van der Waals surface area contributed by atoms with E-state index in [1.165, 1.54) is 17.0 Å². The van der Waals surface area contributed by atoms with Gasteiger partial charge in [-0.25, -0.2) is 4.79 Å². The third kappa shape index (κ3) is 4.09. The van der Waals surface area contributed by atoms with Gasteiger partial charge >= 0.3 is 5.97 Å². The Morgan fingerprint density at radius 1 is 1.14 bits per heavy atom. The van der Waals surface area contributed by atoms with Crippen molar-refractivity contribution in [3.63, 3.8) is 0 Å². The van der Waals surface area contributed by atoms with Crippen LogP contribution in [0.15, 0.2) is 71.3 Å². The third-order valence-electron chi connectivity index (χ3n) is 4.05. The Kier molecular flexibility index (Phi) is 5.22. The summed E-state index contributed by atoms with van der Waals surface area (Å²) in [5.74, 6) is 0.396. The number of hydrogen-bond acceptors (Lipinski definition) is 6. The summed E-state index contributed by atoms with van der Waals surface area (Å²) in [6.07, 6.45) is 3.01. The molecule has 0 atom stereocenters. The number of tetrazole rings is 1. The van der Waals surface area contributed by atoms with Gasteiger partial charge in [0.2, 0.25) is 0 Å². The van der Waals surface area contributed by atoms with Crippen molar-refractivity contribution in [2.24, 2.45) is 0 Å². The van der Waals surface area contributed by atoms with Crippen LogP contribution in [0, 0.1) is 6.92 Å². The Bertz CT molecular complexity index is 1170. The SMILES string of the molecule is Cc1ccc(Cl)c(OC(=O)/C(=C/c2ccco2)n2nnnc2-c2ccccc2)c1. The van der Waals surface area contributed by atoms with Crippen LogP contribution >= 0.6 is 11.6 Å². The highest BCUT2D eigenvalue weighted by molar-refractivity contribution is 6.32. The molecular weight excluding hydrogens is 392 g/mol. The van der Waals surface area contributed by atoms with Crippen LogP contribution in [0.2, 0.25) is 5.02 Å². The molecule has 2 aromatic heterocycles. The number of aromatic nitrogens is 4. The number of benzene rings is 2. The predicted octanol–water partition coefficient (Wildman–Crippen LogP) is 4.50. The molecule has 2 aromatic carbocycles. The summed E-state index contributed by atoms with van der Waals surface area (Å²) in [4.78, 5) is 13.1. The zero-order valence-electron chi connectivity index (χ0n) is 15.3.